The normalized spacial score (nSPS) is 22.8. The van der Waals surface area contributed by atoms with Gasteiger partial charge in [0, 0.05) is 11.7 Å². The Balaban J connectivity index is 0.00000280. The van der Waals surface area contributed by atoms with Crippen molar-refractivity contribution in [2.24, 2.45) is 0 Å². The summed E-state index contributed by atoms with van der Waals surface area (Å²) in [4.78, 5) is 15.0. The van der Waals surface area contributed by atoms with Gasteiger partial charge in [0.25, 0.3) is 0 Å². The molecule has 2 atom stereocenters. The molecule has 6 heteroatoms. The van der Waals surface area contributed by atoms with Gasteiger partial charge in [-0.05, 0) is 75.9 Å². The van der Waals surface area contributed by atoms with Crippen molar-refractivity contribution >= 4 is 24.2 Å². The summed E-state index contributed by atoms with van der Waals surface area (Å²) in [5.74, 6) is 0.833. The molecule has 0 unspecified atom stereocenters. The van der Waals surface area contributed by atoms with E-state index in [1.54, 1.807) is 0 Å². The molecular formula is C22H35ClN2O3. The molecule has 1 aliphatic heterocycles. The van der Waals surface area contributed by atoms with Gasteiger partial charge in [-0.3, -0.25) is 10.2 Å². The third-order valence-corrected chi connectivity index (χ3v) is 5.65. The van der Waals surface area contributed by atoms with Crippen LogP contribution in [-0.2, 0) is 4.74 Å². The molecule has 1 saturated heterocycles. The number of rotatable bonds is 7. The summed E-state index contributed by atoms with van der Waals surface area (Å²) in [5, 5.41) is 2.87. The minimum absolute atomic E-state index is 0. The van der Waals surface area contributed by atoms with Gasteiger partial charge in [-0.15, -0.1) is 12.4 Å². The summed E-state index contributed by atoms with van der Waals surface area (Å²) in [6, 6.07) is 7.90. The maximum atomic E-state index is 12.4. The number of benzene rings is 1. The van der Waals surface area contributed by atoms with Crippen LogP contribution < -0.4 is 10.1 Å². The number of nitrogens with one attached hydrogen (secondary N) is 1. The van der Waals surface area contributed by atoms with E-state index in [9.17, 15) is 4.79 Å². The summed E-state index contributed by atoms with van der Waals surface area (Å²) < 4.78 is 11.5. The number of unbranched alkanes of at least 4 members (excludes halogenated alkanes) is 1. The predicted octanol–water partition coefficient (Wildman–Crippen LogP) is 5.63. The molecule has 1 aromatic rings. The molecule has 1 saturated carbocycles. The molecule has 1 N–H and O–H groups in total. The highest BCUT2D eigenvalue weighted by molar-refractivity contribution is 5.85. The van der Waals surface area contributed by atoms with E-state index in [1.165, 1.54) is 25.7 Å². The number of anilines is 1. The summed E-state index contributed by atoms with van der Waals surface area (Å²) in [6.07, 6.45) is 10.2. The van der Waals surface area contributed by atoms with Crippen molar-refractivity contribution in [1.29, 1.82) is 0 Å². The second-order valence-corrected chi connectivity index (χ2v) is 7.74. The van der Waals surface area contributed by atoms with Gasteiger partial charge in [0.1, 0.15) is 11.9 Å². The highest BCUT2D eigenvalue weighted by Crippen LogP contribution is 2.28. The number of hydrogen-bond donors (Lipinski definition) is 1. The number of piperidine rings is 1. The molecule has 158 valence electrons. The van der Waals surface area contributed by atoms with Crippen molar-refractivity contribution in [2.45, 2.75) is 76.9 Å². The monoisotopic (exact) mass is 410 g/mol. The minimum Gasteiger partial charge on any atom is -0.494 e. The van der Waals surface area contributed by atoms with Gasteiger partial charge in [0.15, 0.2) is 0 Å². The molecular weight excluding hydrogens is 376 g/mol. The number of nitrogens with zero attached hydrogens (tertiary/aromatic N) is 1. The van der Waals surface area contributed by atoms with Crippen LogP contribution in [0.2, 0.25) is 0 Å². The zero-order valence-electron chi connectivity index (χ0n) is 17.0. The molecule has 1 amide bonds. The Morgan fingerprint density at radius 2 is 1.79 bits per heavy atom. The van der Waals surface area contributed by atoms with Gasteiger partial charge in [0.05, 0.1) is 6.61 Å². The van der Waals surface area contributed by atoms with Gasteiger partial charge in [-0.1, -0.05) is 26.2 Å². The van der Waals surface area contributed by atoms with E-state index in [2.05, 4.69) is 17.1 Å². The average Bonchev–Trinajstić information content (AvgIpc) is 2.70. The molecule has 1 aliphatic carbocycles. The van der Waals surface area contributed by atoms with Crippen LogP contribution in [0.4, 0.5) is 10.5 Å². The summed E-state index contributed by atoms with van der Waals surface area (Å²) >= 11 is 0. The third-order valence-electron chi connectivity index (χ3n) is 5.65. The second-order valence-electron chi connectivity index (χ2n) is 7.74. The predicted molar refractivity (Wildman–Crippen MR) is 116 cm³/mol. The molecule has 0 aromatic heterocycles. The van der Waals surface area contributed by atoms with Crippen LogP contribution in [0.25, 0.3) is 0 Å². The number of hydrogen-bond acceptors (Lipinski definition) is 4. The van der Waals surface area contributed by atoms with Crippen molar-refractivity contribution in [2.75, 3.05) is 25.0 Å². The Morgan fingerprint density at radius 3 is 2.50 bits per heavy atom. The van der Waals surface area contributed by atoms with E-state index in [-0.39, 0.29) is 24.6 Å². The number of carbonyl (C=O) groups is 1. The SMILES string of the molecule is CCCCOc1ccc(NC(=O)O[C@@H]2CCCC[C@H]2N2CCCCC2)cc1.Cl. The Bertz CT molecular complexity index is 576. The third kappa shape index (κ3) is 6.85. The van der Waals surface area contributed by atoms with E-state index in [0.717, 1.165) is 63.2 Å². The lowest BCUT2D eigenvalue weighted by atomic mass is 9.90. The van der Waals surface area contributed by atoms with Crippen LogP contribution in [0.1, 0.15) is 64.7 Å². The summed E-state index contributed by atoms with van der Waals surface area (Å²) in [5.41, 5.74) is 0.744. The largest absolute Gasteiger partial charge is 0.494 e. The molecule has 2 fully saturated rings. The van der Waals surface area contributed by atoms with Crippen LogP contribution in [0, 0.1) is 0 Å². The molecule has 1 aromatic carbocycles. The first kappa shape index (κ1) is 22.8. The molecule has 2 aliphatic rings. The minimum atomic E-state index is -0.344. The Morgan fingerprint density at radius 1 is 1.07 bits per heavy atom. The topological polar surface area (TPSA) is 50.8 Å². The fourth-order valence-electron chi connectivity index (χ4n) is 4.14. The quantitative estimate of drug-likeness (QED) is 0.591. The second kappa shape index (κ2) is 12.2. The smallest absolute Gasteiger partial charge is 0.411 e. The van der Waals surface area contributed by atoms with E-state index in [4.69, 9.17) is 9.47 Å². The van der Waals surface area contributed by atoms with E-state index >= 15 is 0 Å². The van der Waals surface area contributed by atoms with Gasteiger partial charge in [-0.25, -0.2) is 4.79 Å². The number of amides is 1. The lowest BCUT2D eigenvalue weighted by molar-refractivity contribution is 0.00174. The van der Waals surface area contributed by atoms with Crippen molar-refractivity contribution in [3.05, 3.63) is 24.3 Å². The zero-order chi connectivity index (χ0) is 18.9. The van der Waals surface area contributed by atoms with Gasteiger partial charge in [0.2, 0.25) is 0 Å². The number of halogens is 1. The molecule has 0 spiro atoms. The van der Waals surface area contributed by atoms with E-state index < -0.39 is 0 Å². The first-order valence-electron chi connectivity index (χ1n) is 10.7. The standard InChI is InChI=1S/C22H34N2O3.ClH/c1-2-3-17-26-19-13-11-18(12-14-19)23-22(25)27-21-10-6-5-9-20(21)24-15-7-4-8-16-24;/h11-14,20-21H,2-10,15-17H2,1H3,(H,23,25);1H/t20-,21-;/m1./s1. The fourth-order valence-corrected chi connectivity index (χ4v) is 4.14. The van der Waals surface area contributed by atoms with E-state index in [1.807, 2.05) is 24.3 Å². The Kier molecular flexibility index (Phi) is 9.93. The molecule has 0 radical (unpaired) electrons. The highest BCUT2D eigenvalue weighted by Gasteiger charge is 2.33. The first-order chi connectivity index (χ1) is 13.3. The van der Waals surface area contributed by atoms with Gasteiger partial charge < -0.3 is 9.47 Å². The van der Waals surface area contributed by atoms with Crippen molar-refractivity contribution in [1.82, 2.24) is 4.90 Å². The average molecular weight is 411 g/mol. The van der Waals surface area contributed by atoms with Crippen molar-refractivity contribution in [3.63, 3.8) is 0 Å². The number of likely N-dealkylation sites (tertiary alicyclic amines) is 1. The van der Waals surface area contributed by atoms with Gasteiger partial charge >= 0.3 is 6.09 Å². The molecule has 28 heavy (non-hydrogen) atoms. The summed E-state index contributed by atoms with van der Waals surface area (Å²) in [6.45, 7) is 5.16. The highest BCUT2D eigenvalue weighted by atomic mass is 35.5. The lowest BCUT2D eigenvalue weighted by Gasteiger charge is -2.41. The fraction of sp³-hybridized carbons (Fsp3) is 0.682. The molecule has 5 nitrogen and oxygen atoms in total. The van der Waals surface area contributed by atoms with Crippen LogP contribution in [0.5, 0.6) is 5.75 Å². The maximum Gasteiger partial charge on any atom is 0.411 e. The number of ether oxygens (including phenoxy) is 2. The Labute approximate surface area is 175 Å². The zero-order valence-corrected chi connectivity index (χ0v) is 17.8. The van der Waals surface area contributed by atoms with Crippen molar-refractivity contribution < 1.29 is 14.3 Å². The Hall–Kier alpha value is -1.46. The number of carbonyl (C=O) groups excluding carboxylic acids is 1. The van der Waals surface area contributed by atoms with Crippen LogP contribution in [0.3, 0.4) is 0 Å². The van der Waals surface area contributed by atoms with Crippen LogP contribution in [-0.4, -0.2) is 42.8 Å². The molecule has 1 heterocycles. The molecule has 3 rings (SSSR count). The van der Waals surface area contributed by atoms with Crippen LogP contribution in [0.15, 0.2) is 24.3 Å². The van der Waals surface area contributed by atoms with Crippen molar-refractivity contribution in [3.8, 4) is 5.75 Å². The first-order valence-corrected chi connectivity index (χ1v) is 10.7. The van der Waals surface area contributed by atoms with E-state index in [0.29, 0.717) is 6.04 Å². The summed E-state index contributed by atoms with van der Waals surface area (Å²) in [7, 11) is 0. The van der Waals surface area contributed by atoms with Gasteiger partial charge in [-0.2, -0.15) is 0 Å². The lowest BCUT2D eigenvalue weighted by Crippen LogP contribution is -2.49. The molecule has 0 bridgehead atoms. The van der Waals surface area contributed by atoms with Crippen LogP contribution >= 0.6 is 12.4 Å². The maximum absolute atomic E-state index is 12.4.